The standard InChI is InChI=1S/C15H26N6O3S/c1-19(2)12-10-21(11-13(12)24-3)14-4-5-16-15(18-14)20-7-6-17-25(22,23)9-8-20/h4-5,12-13,17H,6-11H2,1-3H3/t12-,13+/m0/s1. The van der Waals surface area contributed by atoms with Crippen molar-refractivity contribution in [1.82, 2.24) is 19.6 Å². The molecule has 2 atom stereocenters. The summed E-state index contributed by atoms with van der Waals surface area (Å²) < 4.78 is 31.5. The highest BCUT2D eigenvalue weighted by atomic mass is 32.2. The zero-order valence-corrected chi connectivity index (χ0v) is 15.7. The Morgan fingerprint density at radius 1 is 1.28 bits per heavy atom. The number of nitrogens with zero attached hydrogens (tertiary/aromatic N) is 5. The largest absolute Gasteiger partial charge is 0.378 e. The number of aromatic nitrogens is 2. The molecule has 0 radical (unpaired) electrons. The van der Waals surface area contributed by atoms with Crippen LogP contribution in [0.3, 0.4) is 0 Å². The third kappa shape index (κ3) is 4.20. The van der Waals surface area contributed by atoms with Crippen LogP contribution >= 0.6 is 0 Å². The van der Waals surface area contributed by atoms with E-state index in [2.05, 4.69) is 38.6 Å². The molecule has 25 heavy (non-hydrogen) atoms. The van der Waals surface area contributed by atoms with Gasteiger partial charge in [0, 0.05) is 46.0 Å². The molecule has 0 aromatic carbocycles. The third-order valence-corrected chi connectivity index (χ3v) is 6.14. The number of hydrogen-bond acceptors (Lipinski definition) is 8. The number of anilines is 2. The Bertz CT molecular complexity index is 698. The summed E-state index contributed by atoms with van der Waals surface area (Å²) in [7, 11) is 2.65. The van der Waals surface area contributed by atoms with Gasteiger partial charge in [-0.05, 0) is 20.2 Å². The molecular weight excluding hydrogens is 344 g/mol. The highest BCUT2D eigenvalue weighted by molar-refractivity contribution is 7.89. The number of ether oxygens (including phenoxy) is 1. The van der Waals surface area contributed by atoms with E-state index < -0.39 is 10.0 Å². The molecule has 1 aromatic rings. The lowest BCUT2D eigenvalue weighted by Crippen LogP contribution is -2.39. The van der Waals surface area contributed by atoms with Gasteiger partial charge < -0.3 is 19.4 Å². The first-order chi connectivity index (χ1) is 11.9. The molecule has 140 valence electrons. The Morgan fingerprint density at radius 3 is 2.76 bits per heavy atom. The van der Waals surface area contributed by atoms with Crippen LogP contribution in [-0.2, 0) is 14.8 Å². The molecule has 0 spiro atoms. The van der Waals surface area contributed by atoms with Crippen LogP contribution in [-0.4, -0.2) is 95.1 Å². The summed E-state index contributed by atoms with van der Waals surface area (Å²) in [5, 5.41) is 0. The van der Waals surface area contributed by atoms with Crippen LogP contribution < -0.4 is 14.5 Å². The molecule has 2 aliphatic heterocycles. The number of hydrogen-bond donors (Lipinski definition) is 1. The van der Waals surface area contributed by atoms with Crippen molar-refractivity contribution in [3.63, 3.8) is 0 Å². The summed E-state index contributed by atoms with van der Waals surface area (Å²) in [5.41, 5.74) is 0. The first-order valence-corrected chi connectivity index (χ1v) is 10.0. The molecule has 2 fully saturated rings. The van der Waals surface area contributed by atoms with E-state index in [1.165, 1.54) is 0 Å². The summed E-state index contributed by atoms with van der Waals surface area (Å²) in [5.74, 6) is 1.47. The van der Waals surface area contributed by atoms with Crippen LogP contribution in [0.4, 0.5) is 11.8 Å². The van der Waals surface area contributed by atoms with Crippen LogP contribution in [0.2, 0.25) is 0 Å². The zero-order valence-electron chi connectivity index (χ0n) is 14.9. The maximum Gasteiger partial charge on any atom is 0.227 e. The fourth-order valence-electron chi connectivity index (χ4n) is 3.29. The number of methoxy groups -OCH3 is 1. The number of rotatable bonds is 4. The second-order valence-electron chi connectivity index (χ2n) is 6.63. The molecule has 10 heteroatoms. The van der Waals surface area contributed by atoms with Gasteiger partial charge >= 0.3 is 0 Å². The highest BCUT2D eigenvalue weighted by Gasteiger charge is 2.35. The lowest BCUT2D eigenvalue weighted by Gasteiger charge is -2.24. The fraction of sp³-hybridized carbons (Fsp3) is 0.733. The minimum Gasteiger partial charge on any atom is -0.378 e. The average Bonchev–Trinajstić information content (AvgIpc) is 2.94. The summed E-state index contributed by atoms with van der Waals surface area (Å²) >= 11 is 0. The second kappa shape index (κ2) is 7.40. The quantitative estimate of drug-likeness (QED) is 0.720. The van der Waals surface area contributed by atoms with E-state index in [4.69, 9.17) is 4.74 Å². The Morgan fingerprint density at radius 2 is 2.08 bits per heavy atom. The second-order valence-corrected chi connectivity index (χ2v) is 8.55. The summed E-state index contributed by atoms with van der Waals surface area (Å²) in [6.07, 6.45) is 1.86. The lowest BCUT2D eigenvalue weighted by atomic mass is 10.2. The minimum atomic E-state index is -3.19. The van der Waals surface area contributed by atoms with E-state index in [0.717, 1.165) is 18.9 Å². The summed E-state index contributed by atoms with van der Waals surface area (Å²) in [6.45, 7) is 2.92. The van der Waals surface area contributed by atoms with Gasteiger partial charge in [0.25, 0.3) is 0 Å². The normalized spacial score (nSPS) is 26.9. The van der Waals surface area contributed by atoms with Crippen molar-refractivity contribution in [2.75, 3.05) is 69.5 Å². The molecule has 2 aliphatic rings. The van der Waals surface area contributed by atoms with Gasteiger partial charge in [0.2, 0.25) is 16.0 Å². The molecule has 0 aliphatic carbocycles. The molecule has 2 saturated heterocycles. The van der Waals surface area contributed by atoms with E-state index >= 15 is 0 Å². The predicted octanol–water partition coefficient (Wildman–Crippen LogP) is -1.02. The van der Waals surface area contributed by atoms with Gasteiger partial charge in [-0.15, -0.1) is 0 Å². The van der Waals surface area contributed by atoms with Gasteiger partial charge in [0.15, 0.2) is 0 Å². The first-order valence-electron chi connectivity index (χ1n) is 8.39. The number of likely N-dealkylation sites (N-methyl/N-ethyl adjacent to an activating group) is 1. The molecule has 0 amide bonds. The molecule has 0 bridgehead atoms. The summed E-state index contributed by atoms with van der Waals surface area (Å²) in [6, 6.07) is 2.19. The number of nitrogens with one attached hydrogen (secondary N) is 1. The van der Waals surface area contributed by atoms with E-state index in [1.54, 1.807) is 13.3 Å². The molecule has 0 unspecified atom stereocenters. The smallest absolute Gasteiger partial charge is 0.227 e. The molecule has 3 rings (SSSR count). The molecule has 3 heterocycles. The van der Waals surface area contributed by atoms with Crippen molar-refractivity contribution >= 4 is 21.8 Å². The molecule has 1 N–H and O–H groups in total. The number of sulfonamides is 1. The van der Waals surface area contributed by atoms with Gasteiger partial charge in [-0.3, -0.25) is 0 Å². The van der Waals surface area contributed by atoms with Crippen LogP contribution in [0.25, 0.3) is 0 Å². The van der Waals surface area contributed by atoms with Crippen molar-refractivity contribution in [2.45, 2.75) is 12.1 Å². The minimum absolute atomic E-state index is 0.0543. The van der Waals surface area contributed by atoms with Crippen molar-refractivity contribution < 1.29 is 13.2 Å². The topological polar surface area (TPSA) is 90.9 Å². The molecular formula is C15H26N6O3S. The average molecular weight is 370 g/mol. The maximum atomic E-state index is 11.7. The monoisotopic (exact) mass is 370 g/mol. The third-order valence-electron chi connectivity index (χ3n) is 4.77. The van der Waals surface area contributed by atoms with E-state index in [9.17, 15) is 8.42 Å². The van der Waals surface area contributed by atoms with Crippen molar-refractivity contribution in [3.8, 4) is 0 Å². The van der Waals surface area contributed by atoms with Gasteiger partial charge in [0.1, 0.15) is 5.82 Å². The summed E-state index contributed by atoms with van der Waals surface area (Å²) in [4.78, 5) is 15.3. The first kappa shape index (κ1) is 18.3. The van der Waals surface area contributed by atoms with Gasteiger partial charge in [-0.1, -0.05) is 0 Å². The van der Waals surface area contributed by atoms with Gasteiger partial charge in [-0.25, -0.2) is 18.1 Å². The van der Waals surface area contributed by atoms with Gasteiger partial charge in [0.05, 0.1) is 17.9 Å². The molecule has 9 nitrogen and oxygen atoms in total. The van der Waals surface area contributed by atoms with Crippen LogP contribution in [0.1, 0.15) is 0 Å². The maximum absolute atomic E-state index is 11.7. The van der Waals surface area contributed by atoms with Gasteiger partial charge in [-0.2, -0.15) is 4.98 Å². The molecule has 0 saturated carbocycles. The van der Waals surface area contributed by atoms with Crippen LogP contribution in [0, 0.1) is 0 Å². The van der Waals surface area contributed by atoms with E-state index in [0.29, 0.717) is 31.6 Å². The van der Waals surface area contributed by atoms with E-state index in [1.807, 2.05) is 11.0 Å². The van der Waals surface area contributed by atoms with Crippen LogP contribution in [0.5, 0.6) is 0 Å². The Kier molecular flexibility index (Phi) is 5.42. The van der Waals surface area contributed by atoms with Crippen molar-refractivity contribution in [3.05, 3.63) is 12.3 Å². The Hall–Kier alpha value is -1.49. The van der Waals surface area contributed by atoms with Crippen molar-refractivity contribution in [1.29, 1.82) is 0 Å². The Balaban J connectivity index is 1.76. The predicted molar refractivity (Wildman–Crippen MR) is 96.5 cm³/mol. The van der Waals surface area contributed by atoms with Crippen LogP contribution in [0.15, 0.2) is 12.3 Å². The Labute approximate surface area is 149 Å². The lowest BCUT2D eigenvalue weighted by molar-refractivity contribution is 0.0639. The van der Waals surface area contributed by atoms with E-state index in [-0.39, 0.29) is 11.9 Å². The molecule has 1 aromatic heterocycles. The zero-order chi connectivity index (χ0) is 18.0. The highest BCUT2D eigenvalue weighted by Crippen LogP contribution is 2.23. The fourth-order valence-corrected chi connectivity index (χ4v) is 4.30. The SMILES string of the molecule is CO[C@@H]1CN(c2ccnc(N3CCNS(=O)(=O)CC3)n2)C[C@@H]1N(C)C. The van der Waals surface area contributed by atoms with Crippen molar-refractivity contribution in [2.24, 2.45) is 0 Å².